The minimum Gasteiger partial charge on any atom is -0.314 e. The van der Waals surface area contributed by atoms with E-state index in [9.17, 15) is 4.79 Å². The maximum Gasteiger partial charge on any atom is 0.259 e. The molecule has 5 nitrogen and oxygen atoms in total. The molecule has 1 fully saturated rings. The lowest BCUT2D eigenvalue weighted by Crippen LogP contribution is -2.45. The Morgan fingerprint density at radius 2 is 2.13 bits per heavy atom. The molecule has 2 N–H and O–H groups in total. The van der Waals surface area contributed by atoms with Crippen molar-refractivity contribution in [2.24, 2.45) is 5.92 Å². The molecule has 2 aromatic heterocycles. The fourth-order valence-electron chi connectivity index (χ4n) is 3.81. The molecule has 1 aliphatic carbocycles. The Balaban J connectivity index is 1.74. The predicted molar refractivity (Wildman–Crippen MR) is 94.3 cm³/mol. The number of aromatic nitrogens is 2. The number of nitrogens with one attached hydrogen (secondary N) is 2. The second kappa shape index (κ2) is 6.00. The molecule has 0 bridgehead atoms. The van der Waals surface area contributed by atoms with Gasteiger partial charge in [-0.25, -0.2) is 4.98 Å². The van der Waals surface area contributed by atoms with E-state index in [0.717, 1.165) is 55.1 Å². The lowest BCUT2D eigenvalue weighted by Gasteiger charge is -2.32. The van der Waals surface area contributed by atoms with E-state index in [1.807, 2.05) is 0 Å². The summed E-state index contributed by atoms with van der Waals surface area (Å²) in [7, 11) is 0. The zero-order valence-electron chi connectivity index (χ0n) is 13.8. The van der Waals surface area contributed by atoms with Crippen molar-refractivity contribution < 1.29 is 0 Å². The highest BCUT2D eigenvalue weighted by molar-refractivity contribution is 7.18. The molecule has 0 saturated carbocycles. The summed E-state index contributed by atoms with van der Waals surface area (Å²) in [6.45, 7) is 8.45. The third-order valence-corrected chi connectivity index (χ3v) is 6.43. The number of nitrogens with zero attached hydrogens (tertiary/aromatic N) is 2. The smallest absolute Gasteiger partial charge is 0.259 e. The molecule has 2 unspecified atom stereocenters. The first kappa shape index (κ1) is 15.3. The van der Waals surface area contributed by atoms with E-state index in [-0.39, 0.29) is 11.6 Å². The summed E-state index contributed by atoms with van der Waals surface area (Å²) in [5.41, 5.74) is 1.32. The number of rotatable bonds is 2. The van der Waals surface area contributed by atoms with Gasteiger partial charge in [-0.1, -0.05) is 6.92 Å². The third-order valence-electron chi connectivity index (χ3n) is 5.28. The molecule has 2 aliphatic rings. The van der Waals surface area contributed by atoms with Gasteiger partial charge in [-0.15, -0.1) is 11.3 Å². The van der Waals surface area contributed by atoms with Crippen LogP contribution in [0.25, 0.3) is 10.2 Å². The lowest BCUT2D eigenvalue weighted by atomic mass is 9.89. The van der Waals surface area contributed by atoms with Crippen LogP contribution in [0.2, 0.25) is 0 Å². The van der Waals surface area contributed by atoms with Crippen LogP contribution in [0.15, 0.2) is 4.79 Å². The van der Waals surface area contributed by atoms with E-state index >= 15 is 0 Å². The zero-order chi connectivity index (χ0) is 16.0. The lowest BCUT2D eigenvalue weighted by molar-refractivity contribution is 0.179. The van der Waals surface area contributed by atoms with Crippen molar-refractivity contribution in [3.63, 3.8) is 0 Å². The maximum absolute atomic E-state index is 12.7. The Morgan fingerprint density at radius 1 is 1.35 bits per heavy atom. The molecule has 0 amide bonds. The molecule has 2 atom stereocenters. The minimum atomic E-state index is 0.0547. The van der Waals surface area contributed by atoms with Gasteiger partial charge in [-0.05, 0) is 37.7 Å². The molecule has 4 rings (SSSR count). The van der Waals surface area contributed by atoms with Gasteiger partial charge in [-0.2, -0.15) is 0 Å². The zero-order valence-corrected chi connectivity index (χ0v) is 14.6. The molecule has 0 radical (unpaired) electrons. The summed E-state index contributed by atoms with van der Waals surface area (Å²) in [5, 5.41) is 4.22. The number of H-pyrrole nitrogens is 1. The predicted octanol–water partition coefficient (Wildman–Crippen LogP) is 2.08. The first-order valence-electron chi connectivity index (χ1n) is 8.62. The van der Waals surface area contributed by atoms with Crippen molar-refractivity contribution in [1.82, 2.24) is 20.2 Å². The second-order valence-corrected chi connectivity index (χ2v) is 8.03. The Hall–Kier alpha value is -1.24. The van der Waals surface area contributed by atoms with Gasteiger partial charge in [0.15, 0.2) is 0 Å². The van der Waals surface area contributed by atoms with Gasteiger partial charge in [-0.3, -0.25) is 9.69 Å². The van der Waals surface area contributed by atoms with E-state index in [1.54, 1.807) is 11.3 Å². The van der Waals surface area contributed by atoms with E-state index in [2.05, 4.69) is 29.0 Å². The largest absolute Gasteiger partial charge is 0.314 e. The monoisotopic (exact) mass is 332 g/mol. The van der Waals surface area contributed by atoms with Gasteiger partial charge in [0.05, 0.1) is 11.4 Å². The van der Waals surface area contributed by atoms with Gasteiger partial charge in [0, 0.05) is 31.1 Å². The van der Waals surface area contributed by atoms with Crippen LogP contribution < -0.4 is 10.9 Å². The summed E-state index contributed by atoms with van der Waals surface area (Å²) in [5.74, 6) is 1.53. The van der Waals surface area contributed by atoms with E-state index < -0.39 is 0 Å². The third kappa shape index (κ3) is 2.73. The van der Waals surface area contributed by atoms with Crippen molar-refractivity contribution >= 4 is 21.6 Å². The van der Waals surface area contributed by atoms with Gasteiger partial charge in [0.1, 0.15) is 10.7 Å². The summed E-state index contributed by atoms with van der Waals surface area (Å²) >= 11 is 1.73. The van der Waals surface area contributed by atoms with Crippen LogP contribution >= 0.6 is 11.3 Å². The minimum absolute atomic E-state index is 0.0547. The number of aryl methyl sites for hydroxylation is 1. The number of piperazine rings is 1. The maximum atomic E-state index is 12.7. The van der Waals surface area contributed by atoms with Crippen LogP contribution in [0.5, 0.6) is 0 Å². The van der Waals surface area contributed by atoms with E-state index in [1.165, 1.54) is 16.9 Å². The van der Waals surface area contributed by atoms with Gasteiger partial charge >= 0.3 is 0 Å². The van der Waals surface area contributed by atoms with Crippen molar-refractivity contribution in [3.8, 4) is 0 Å². The van der Waals surface area contributed by atoms with E-state index in [0.29, 0.717) is 5.92 Å². The average molecular weight is 332 g/mol. The van der Waals surface area contributed by atoms with Gasteiger partial charge in [0.2, 0.25) is 0 Å². The second-order valence-electron chi connectivity index (χ2n) is 6.95. The molecular weight excluding hydrogens is 308 g/mol. The molecule has 6 heteroatoms. The van der Waals surface area contributed by atoms with Crippen molar-refractivity contribution in [1.29, 1.82) is 0 Å². The van der Waals surface area contributed by atoms with Crippen LogP contribution in [0.4, 0.5) is 0 Å². The average Bonchev–Trinajstić information content (AvgIpc) is 2.92. The first-order valence-corrected chi connectivity index (χ1v) is 9.44. The van der Waals surface area contributed by atoms with Crippen molar-refractivity contribution in [2.75, 3.05) is 26.2 Å². The van der Waals surface area contributed by atoms with Crippen LogP contribution in [0.1, 0.15) is 42.6 Å². The normalized spacial score (nSPS) is 23.8. The molecule has 124 valence electrons. The fraction of sp³-hybridized carbons (Fsp3) is 0.647. The van der Waals surface area contributed by atoms with Crippen LogP contribution in [0, 0.1) is 5.92 Å². The highest BCUT2D eigenvalue weighted by Gasteiger charge is 2.25. The summed E-state index contributed by atoms with van der Waals surface area (Å²) in [6.07, 6.45) is 3.30. The summed E-state index contributed by atoms with van der Waals surface area (Å²) in [6, 6.07) is 0.159. The Labute approximate surface area is 140 Å². The number of thiophene rings is 1. The topological polar surface area (TPSA) is 61.0 Å². The SMILES string of the molecule is CC1CCc2c(sc3nc(C(C)N4CCNCC4)[nH]c(=O)c23)C1. The Morgan fingerprint density at radius 3 is 2.91 bits per heavy atom. The highest BCUT2D eigenvalue weighted by Crippen LogP contribution is 2.36. The summed E-state index contributed by atoms with van der Waals surface area (Å²) < 4.78 is 0. The molecule has 1 aliphatic heterocycles. The molecule has 3 heterocycles. The van der Waals surface area contributed by atoms with Gasteiger partial charge in [0.25, 0.3) is 5.56 Å². The Kier molecular flexibility index (Phi) is 3.99. The molecule has 0 spiro atoms. The van der Waals surface area contributed by atoms with Crippen LogP contribution in [-0.4, -0.2) is 41.0 Å². The number of fused-ring (bicyclic) bond motifs is 3. The van der Waals surface area contributed by atoms with E-state index in [4.69, 9.17) is 4.98 Å². The number of hydrogen-bond donors (Lipinski definition) is 2. The number of hydrogen-bond acceptors (Lipinski definition) is 5. The first-order chi connectivity index (χ1) is 11.1. The molecule has 23 heavy (non-hydrogen) atoms. The van der Waals surface area contributed by atoms with Crippen molar-refractivity contribution in [2.45, 2.75) is 39.2 Å². The number of aromatic amines is 1. The standard InChI is InChI=1S/C17H24N4OS/c1-10-3-4-12-13(9-10)23-17-14(12)16(22)19-15(20-17)11(2)21-7-5-18-6-8-21/h10-11,18H,3-9H2,1-2H3,(H,19,20,22). The molecular formula is C17H24N4OS. The molecule has 0 aromatic carbocycles. The molecule has 1 saturated heterocycles. The highest BCUT2D eigenvalue weighted by atomic mass is 32.1. The van der Waals surface area contributed by atoms with Crippen LogP contribution in [-0.2, 0) is 12.8 Å². The fourth-order valence-corrected chi connectivity index (χ4v) is 5.20. The summed E-state index contributed by atoms with van der Waals surface area (Å²) in [4.78, 5) is 25.3. The van der Waals surface area contributed by atoms with Gasteiger partial charge < -0.3 is 10.3 Å². The molecule has 2 aromatic rings. The Bertz CT molecular complexity index is 775. The van der Waals surface area contributed by atoms with Crippen molar-refractivity contribution in [3.05, 3.63) is 26.6 Å². The van der Waals surface area contributed by atoms with Crippen LogP contribution in [0.3, 0.4) is 0 Å². The quantitative estimate of drug-likeness (QED) is 0.884.